The van der Waals surface area contributed by atoms with Gasteiger partial charge in [0.15, 0.2) is 0 Å². The molecule has 0 aromatic carbocycles. The van der Waals surface area contributed by atoms with Crippen LogP contribution in [-0.2, 0) is 9.53 Å². The lowest BCUT2D eigenvalue weighted by Crippen LogP contribution is -2.45. The van der Waals surface area contributed by atoms with Crippen molar-refractivity contribution in [2.45, 2.75) is 39.2 Å². The number of rotatable bonds is 9. The number of nitrogens with one attached hydrogen (secondary N) is 2. The second-order valence-corrected chi connectivity index (χ2v) is 4.50. The molecule has 106 valence electrons. The average Bonchev–Trinajstić information content (AvgIpc) is 2.26. The molecule has 0 spiro atoms. The van der Waals surface area contributed by atoms with Gasteiger partial charge in [-0.3, -0.25) is 4.79 Å². The molecule has 3 N–H and O–H groups in total. The van der Waals surface area contributed by atoms with E-state index in [4.69, 9.17) is 9.84 Å². The molecule has 0 radical (unpaired) electrons. The highest BCUT2D eigenvalue weighted by Gasteiger charge is 2.13. The summed E-state index contributed by atoms with van der Waals surface area (Å²) < 4.78 is 5.02. The molecule has 0 bridgehead atoms. The maximum absolute atomic E-state index is 11.6. The molecule has 2 amide bonds. The van der Waals surface area contributed by atoms with Gasteiger partial charge in [0.05, 0.1) is 12.6 Å². The van der Waals surface area contributed by atoms with Gasteiger partial charge in [-0.2, -0.15) is 0 Å². The minimum Gasteiger partial charge on any atom is -0.481 e. The molecule has 18 heavy (non-hydrogen) atoms. The molecule has 2 atom stereocenters. The smallest absolute Gasteiger partial charge is 0.315 e. The zero-order valence-corrected chi connectivity index (χ0v) is 11.4. The minimum atomic E-state index is -0.854. The highest BCUT2D eigenvalue weighted by molar-refractivity contribution is 5.74. The van der Waals surface area contributed by atoms with E-state index in [1.807, 2.05) is 6.92 Å². The Bertz CT molecular complexity index is 252. The summed E-state index contributed by atoms with van der Waals surface area (Å²) in [6, 6.07) is -0.280. The second kappa shape index (κ2) is 9.70. The van der Waals surface area contributed by atoms with Gasteiger partial charge in [0.2, 0.25) is 0 Å². The van der Waals surface area contributed by atoms with Crippen molar-refractivity contribution in [2.24, 2.45) is 5.92 Å². The number of carboxylic acid groups (broad SMARTS) is 1. The predicted octanol–water partition coefficient (Wildman–Crippen LogP) is 1.21. The summed E-state index contributed by atoms with van der Waals surface area (Å²) in [6.07, 6.45) is 1.87. The Morgan fingerprint density at radius 2 is 2.06 bits per heavy atom. The van der Waals surface area contributed by atoms with Crippen LogP contribution in [0.15, 0.2) is 0 Å². The molecule has 0 saturated carbocycles. The highest BCUT2D eigenvalue weighted by atomic mass is 16.5. The molecule has 0 aliphatic rings. The van der Waals surface area contributed by atoms with Crippen LogP contribution in [0.5, 0.6) is 0 Å². The van der Waals surface area contributed by atoms with Crippen LogP contribution in [0.4, 0.5) is 4.79 Å². The molecule has 0 aliphatic heterocycles. The van der Waals surface area contributed by atoms with Gasteiger partial charge < -0.3 is 20.5 Å². The Hall–Kier alpha value is -1.30. The lowest BCUT2D eigenvalue weighted by Gasteiger charge is -2.18. The Morgan fingerprint density at radius 3 is 2.56 bits per heavy atom. The first kappa shape index (κ1) is 16.7. The first-order valence-electron chi connectivity index (χ1n) is 6.24. The van der Waals surface area contributed by atoms with E-state index in [-0.39, 0.29) is 24.4 Å². The SMILES string of the molecule is CCCC(COC)NC(=O)NCC(C)CC(=O)O. The number of methoxy groups -OCH3 is 1. The van der Waals surface area contributed by atoms with Crippen molar-refractivity contribution in [3.63, 3.8) is 0 Å². The minimum absolute atomic E-state index is 0.00483. The van der Waals surface area contributed by atoms with Crippen LogP contribution in [0.1, 0.15) is 33.1 Å². The molecule has 0 aliphatic carbocycles. The number of carbonyl (C=O) groups is 2. The zero-order chi connectivity index (χ0) is 14.0. The van der Waals surface area contributed by atoms with Crippen molar-refractivity contribution >= 4 is 12.0 Å². The van der Waals surface area contributed by atoms with Crippen LogP contribution in [0.2, 0.25) is 0 Å². The fourth-order valence-electron chi connectivity index (χ4n) is 1.62. The summed E-state index contributed by atoms with van der Waals surface area (Å²) in [5, 5.41) is 14.1. The normalized spacial score (nSPS) is 13.7. The molecule has 6 nitrogen and oxygen atoms in total. The molecule has 0 saturated heterocycles. The molecule has 6 heteroatoms. The third-order valence-corrected chi connectivity index (χ3v) is 2.47. The van der Waals surface area contributed by atoms with Gasteiger partial charge in [-0.05, 0) is 12.3 Å². The summed E-state index contributed by atoms with van der Waals surface area (Å²) in [5.41, 5.74) is 0. The maximum Gasteiger partial charge on any atom is 0.315 e. The van der Waals surface area contributed by atoms with Crippen molar-refractivity contribution in [1.29, 1.82) is 0 Å². The number of urea groups is 1. The number of aliphatic carboxylic acids is 1. The molecular weight excluding hydrogens is 236 g/mol. The summed E-state index contributed by atoms with van der Waals surface area (Å²) in [7, 11) is 1.59. The predicted molar refractivity (Wildman–Crippen MR) is 68.5 cm³/mol. The Kier molecular flexibility index (Phi) is 9.00. The molecular formula is C12H24N2O4. The largest absolute Gasteiger partial charge is 0.481 e. The van der Waals surface area contributed by atoms with Gasteiger partial charge in [-0.1, -0.05) is 20.3 Å². The van der Waals surface area contributed by atoms with Gasteiger partial charge >= 0.3 is 12.0 Å². The topological polar surface area (TPSA) is 87.7 Å². The van der Waals surface area contributed by atoms with Crippen LogP contribution in [-0.4, -0.2) is 43.4 Å². The van der Waals surface area contributed by atoms with E-state index < -0.39 is 5.97 Å². The number of hydrogen-bond donors (Lipinski definition) is 3. The van der Waals surface area contributed by atoms with Gasteiger partial charge in [-0.15, -0.1) is 0 Å². The van der Waals surface area contributed by atoms with Crippen molar-refractivity contribution in [2.75, 3.05) is 20.3 Å². The first-order valence-corrected chi connectivity index (χ1v) is 6.24. The molecule has 0 aromatic rings. The molecule has 0 aromatic heterocycles. The number of amides is 2. The zero-order valence-electron chi connectivity index (χ0n) is 11.4. The number of ether oxygens (including phenoxy) is 1. The van der Waals surface area contributed by atoms with Crippen molar-refractivity contribution < 1.29 is 19.4 Å². The van der Waals surface area contributed by atoms with Gasteiger partial charge in [0, 0.05) is 20.1 Å². The standard InChI is InChI=1S/C12H24N2O4/c1-4-5-10(8-18-3)14-12(17)13-7-9(2)6-11(15)16/h9-10H,4-8H2,1-3H3,(H,15,16)(H2,13,14,17). The van der Waals surface area contributed by atoms with Crippen molar-refractivity contribution in [1.82, 2.24) is 10.6 Å². The van der Waals surface area contributed by atoms with E-state index in [2.05, 4.69) is 10.6 Å². The van der Waals surface area contributed by atoms with Crippen LogP contribution >= 0.6 is 0 Å². The Morgan fingerprint density at radius 1 is 1.39 bits per heavy atom. The maximum atomic E-state index is 11.6. The number of carboxylic acids is 1. The molecule has 0 rings (SSSR count). The average molecular weight is 260 g/mol. The third kappa shape index (κ3) is 8.81. The van der Waals surface area contributed by atoms with Gasteiger partial charge in [0.1, 0.15) is 0 Å². The molecule has 2 unspecified atom stereocenters. The van der Waals surface area contributed by atoms with Crippen LogP contribution < -0.4 is 10.6 Å². The van der Waals surface area contributed by atoms with Crippen LogP contribution in [0.3, 0.4) is 0 Å². The van der Waals surface area contributed by atoms with Crippen LogP contribution in [0, 0.1) is 5.92 Å². The fraction of sp³-hybridized carbons (Fsp3) is 0.833. The molecule has 0 fully saturated rings. The van der Waals surface area contributed by atoms with E-state index >= 15 is 0 Å². The monoisotopic (exact) mass is 260 g/mol. The summed E-state index contributed by atoms with van der Waals surface area (Å²) in [5.74, 6) is -0.937. The third-order valence-electron chi connectivity index (χ3n) is 2.47. The lowest BCUT2D eigenvalue weighted by molar-refractivity contribution is -0.137. The van der Waals surface area contributed by atoms with E-state index in [0.29, 0.717) is 13.2 Å². The van der Waals surface area contributed by atoms with Crippen molar-refractivity contribution in [3.05, 3.63) is 0 Å². The first-order chi connectivity index (χ1) is 8.49. The number of hydrogen-bond acceptors (Lipinski definition) is 3. The van der Waals surface area contributed by atoms with E-state index in [9.17, 15) is 9.59 Å². The summed E-state index contributed by atoms with van der Waals surface area (Å²) in [6.45, 7) is 4.65. The van der Waals surface area contributed by atoms with Crippen LogP contribution in [0.25, 0.3) is 0 Å². The Balaban J connectivity index is 3.89. The number of carbonyl (C=O) groups excluding carboxylic acids is 1. The van der Waals surface area contributed by atoms with Gasteiger partial charge in [-0.25, -0.2) is 4.79 Å². The lowest BCUT2D eigenvalue weighted by atomic mass is 10.1. The van der Waals surface area contributed by atoms with E-state index in [1.165, 1.54) is 0 Å². The Labute approximate surface area is 108 Å². The highest BCUT2D eigenvalue weighted by Crippen LogP contribution is 2.00. The summed E-state index contributed by atoms with van der Waals surface area (Å²) >= 11 is 0. The van der Waals surface area contributed by atoms with E-state index in [1.54, 1.807) is 14.0 Å². The quantitative estimate of drug-likeness (QED) is 0.581. The van der Waals surface area contributed by atoms with Crippen molar-refractivity contribution in [3.8, 4) is 0 Å². The fourth-order valence-corrected chi connectivity index (χ4v) is 1.62. The second-order valence-electron chi connectivity index (χ2n) is 4.50. The van der Waals surface area contributed by atoms with Gasteiger partial charge in [0.25, 0.3) is 0 Å². The summed E-state index contributed by atoms with van der Waals surface area (Å²) in [4.78, 5) is 22.0. The van der Waals surface area contributed by atoms with E-state index in [0.717, 1.165) is 12.8 Å². The molecule has 0 heterocycles.